The van der Waals surface area contributed by atoms with E-state index in [1.54, 1.807) is 0 Å². The lowest BCUT2D eigenvalue weighted by molar-refractivity contribution is 0.925. The highest BCUT2D eigenvalue weighted by Crippen LogP contribution is 2.25. The summed E-state index contributed by atoms with van der Waals surface area (Å²) in [6.07, 6.45) is 2.50. The lowest BCUT2D eigenvalue weighted by Gasteiger charge is -2.08. The number of allylic oxidation sites excluding steroid dienone is 1. The second kappa shape index (κ2) is 8.11. The molecule has 2 aromatic carbocycles. The predicted octanol–water partition coefficient (Wildman–Crippen LogP) is 5.46. The number of hydrogen-bond donors (Lipinski definition) is 0. The first-order valence-corrected chi connectivity index (χ1v) is 8.23. The third kappa shape index (κ3) is 4.23. The maximum Gasteiger partial charge on any atom is 0.181 e. The van der Waals surface area contributed by atoms with Crippen LogP contribution in [0, 0.1) is 6.92 Å². The second-order valence-corrected chi connectivity index (χ2v) is 5.68. The van der Waals surface area contributed by atoms with E-state index >= 15 is 0 Å². The van der Waals surface area contributed by atoms with Crippen LogP contribution in [0.5, 0.6) is 0 Å². The number of aromatic nitrogens is 2. The summed E-state index contributed by atoms with van der Waals surface area (Å²) in [5, 5.41) is 8.72. The number of nitrogens with zero attached hydrogens (tertiary/aromatic N) is 4. The number of benzene rings is 2. The van der Waals surface area contributed by atoms with Crippen molar-refractivity contribution in [2.45, 2.75) is 19.9 Å². The highest BCUT2D eigenvalue weighted by Gasteiger charge is 2.11. The standard InChI is InChI=1S/C21H20N4/c1-3-10-19-16(2)23-20(18-13-8-5-9-14-18)24-21(19)25-22-15-17-11-6-4-7-12-17/h3-9,11-14H,1,10,15H2,2H3. The monoisotopic (exact) mass is 328 g/mol. The van der Waals surface area contributed by atoms with Crippen molar-refractivity contribution in [3.8, 4) is 11.4 Å². The fourth-order valence-corrected chi connectivity index (χ4v) is 2.53. The van der Waals surface area contributed by atoms with Crippen LogP contribution in [0.3, 0.4) is 0 Å². The van der Waals surface area contributed by atoms with Crippen molar-refractivity contribution in [1.82, 2.24) is 9.97 Å². The van der Waals surface area contributed by atoms with Crippen LogP contribution in [-0.4, -0.2) is 9.97 Å². The number of rotatable bonds is 6. The average molecular weight is 328 g/mol. The van der Waals surface area contributed by atoms with Gasteiger partial charge in [-0.05, 0) is 18.9 Å². The van der Waals surface area contributed by atoms with Crippen LogP contribution in [0.25, 0.3) is 11.4 Å². The van der Waals surface area contributed by atoms with Crippen LogP contribution in [0.2, 0.25) is 0 Å². The summed E-state index contributed by atoms with van der Waals surface area (Å²) in [6, 6.07) is 20.0. The van der Waals surface area contributed by atoms with Gasteiger partial charge in [0.15, 0.2) is 11.6 Å². The van der Waals surface area contributed by atoms with E-state index in [-0.39, 0.29) is 0 Å². The molecule has 0 saturated carbocycles. The molecule has 4 nitrogen and oxygen atoms in total. The molecule has 25 heavy (non-hydrogen) atoms. The Morgan fingerprint density at radius 1 is 0.960 bits per heavy atom. The minimum atomic E-state index is 0.526. The highest BCUT2D eigenvalue weighted by molar-refractivity contribution is 5.58. The van der Waals surface area contributed by atoms with Gasteiger partial charge in [-0.3, -0.25) is 0 Å². The summed E-state index contributed by atoms with van der Waals surface area (Å²) in [7, 11) is 0. The molecule has 0 saturated heterocycles. The zero-order valence-corrected chi connectivity index (χ0v) is 14.3. The summed E-state index contributed by atoms with van der Waals surface area (Å²) in [5.41, 5.74) is 3.95. The third-order valence-electron chi connectivity index (χ3n) is 3.83. The molecule has 1 aromatic heterocycles. The van der Waals surface area contributed by atoms with Crippen molar-refractivity contribution >= 4 is 5.82 Å². The molecule has 0 spiro atoms. The molecule has 0 unspecified atom stereocenters. The lowest BCUT2D eigenvalue weighted by Crippen LogP contribution is -1.99. The largest absolute Gasteiger partial charge is 0.233 e. The maximum atomic E-state index is 4.63. The Hall–Kier alpha value is -3.14. The van der Waals surface area contributed by atoms with Gasteiger partial charge in [0.2, 0.25) is 0 Å². The van der Waals surface area contributed by atoms with E-state index in [9.17, 15) is 0 Å². The maximum absolute atomic E-state index is 4.63. The van der Waals surface area contributed by atoms with E-state index in [1.165, 1.54) is 0 Å². The number of aryl methyl sites for hydroxylation is 1. The molecular weight excluding hydrogens is 308 g/mol. The minimum Gasteiger partial charge on any atom is -0.233 e. The molecule has 0 amide bonds. The Balaban J connectivity index is 1.94. The molecule has 0 atom stereocenters. The van der Waals surface area contributed by atoms with Gasteiger partial charge in [0, 0.05) is 16.8 Å². The lowest BCUT2D eigenvalue weighted by atomic mass is 10.1. The van der Waals surface area contributed by atoms with Crippen LogP contribution >= 0.6 is 0 Å². The summed E-state index contributed by atoms with van der Waals surface area (Å²) < 4.78 is 0. The SMILES string of the molecule is C=CCc1c(C)nc(-c2ccccc2)nc1N=NCc1ccccc1. The Bertz CT molecular complexity index is 871. The summed E-state index contributed by atoms with van der Waals surface area (Å²) in [4.78, 5) is 9.26. The molecule has 0 N–H and O–H groups in total. The second-order valence-electron chi connectivity index (χ2n) is 5.68. The zero-order chi connectivity index (χ0) is 17.5. The van der Waals surface area contributed by atoms with E-state index in [1.807, 2.05) is 73.7 Å². The summed E-state index contributed by atoms with van der Waals surface area (Å²) in [6.45, 7) is 6.32. The first kappa shape index (κ1) is 16.7. The molecule has 0 bridgehead atoms. The van der Waals surface area contributed by atoms with Gasteiger partial charge >= 0.3 is 0 Å². The van der Waals surface area contributed by atoms with Gasteiger partial charge in [0.25, 0.3) is 0 Å². The fourth-order valence-electron chi connectivity index (χ4n) is 2.53. The Morgan fingerprint density at radius 2 is 1.64 bits per heavy atom. The van der Waals surface area contributed by atoms with Crippen molar-refractivity contribution in [1.29, 1.82) is 0 Å². The van der Waals surface area contributed by atoms with Gasteiger partial charge in [-0.25, -0.2) is 9.97 Å². The van der Waals surface area contributed by atoms with Crippen LogP contribution < -0.4 is 0 Å². The third-order valence-corrected chi connectivity index (χ3v) is 3.83. The molecule has 0 aliphatic rings. The number of hydrogen-bond acceptors (Lipinski definition) is 4. The average Bonchev–Trinajstić information content (AvgIpc) is 2.66. The molecule has 3 aromatic rings. The number of azo groups is 1. The topological polar surface area (TPSA) is 50.5 Å². The molecule has 1 heterocycles. The molecule has 4 heteroatoms. The first-order valence-electron chi connectivity index (χ1n) is 8.23. The summed E-state index contributed by atoms with van der Waals surface area (Å²) in [5.74, 6) is 1.28. The van der Waals surface area contributed by atoms with E-state index in [2.05, 4.69) is 26.8 Å². The van der Waals surface area contributed by atoms with Crippen LogP contribution in [0.15, 0.2) is 83.5 Å². The van der Waals surface area contributed by atoms with Crippen LogP contribution in [-0.2, 0) is 13.0 Å². The van der Waals surface area contributed by atoms with E-state index in [0.717, 1.165) is 22.4 Å². The predicted molar refractivity (Wildman–Crippen MR) is 101 cm³/mol. The molecule has 3 rings (SSSR count). The molecule has 0 fully saturated rings. The van der Waals surface area contributed by atoms with Gasteiger partial charge in [0.05, 0.1) is 6.54 Å². The zero-order valence-electron chi connectivity index (χ0n) is 14.3. The Morgan fingerprint density at radius 3 is 2.32 bits per heavy atom. The van der Waals surface area contributed by atoms with Crippen LogP contribution in [0.1, 0.15) is 16.8 Å². The van der Waals surface area contributed by atoms with Crippen molar-refractivity contribution in [2.24, 2.45) is 10.2 Å². The van der Waals surface area contributed by atoms with Crippen molar-refractivity contribution in [2.75, 3.05) is 0 Å². The summed E-state index contributed by atoms with van der Waals surface area (Å²) >= 11 is 0. The molecule has 0 aliphatic heterocycles. The van der Waals surface area contributed by atoms with E-state index < -0.39 is 0 Å². The molecule has 124 valence electrons. The Kier molecular flexibility index (Phi) is 5.42. The van der Waals surface area contributed by atoms with Crippen molar-refractivity contribution < 1.29 is 0 Å². The van der Waals surface area contributed by atoms with E-state index in [4.69, 9.17) is 0 Å². The normalized spacial score (nSPS) is 10.9. The smallest absolute Gasteiger partial charge is 0.181 e. The van der Waals surface area contributed by atoms with Crippen molar-refractivity contribution in [3.05, 3.63) is 90.1 Å². The fraction of sp³-hybridized carbons (Fsp3) is 0.143. The van der Waals surface area contributed by atoms with Gasteiger partial charge < -0.3 is 0 Å². The van der Waals surface area contributed by atoms with E-state index in [0.29, 0.717) is 24.6 Å². The molecule has 0 aliphatic carbocycles. The molecule has 0 radical (unpaired) electrons. The Labute approximate surface area is 148 Å². The van der Waals surface area contributed by atoms with Crippen molar-refractivity contribution in [3.63, 3.8) is 0 Å². The van der Waals surface area contributed by atoms with Gasteiger partial charge in [0.1, 0.15) is 0 Å². The van der Waals surface area contributed by atoms with Crippen LogP contribution in [0.4, 0.5) is 5.82 Å². The highest BCUT2D eigenvalue weighted by atomic mass is 15.2. The van der Waals surface area contributed by atoms with Gasteiger partial charge in [-0.1, -0.05) is 66.7 Å². The van der Waals surface area contributed by atoms with Gasteiger partial charge in [-0.15, -0.1) is 11.7 Å². The van der Waals surface area contributed by atoms with Gasteiger partial charge in [-0.2, -0.15) is 5.11 Å². The first-order chi connectivity index (χ1) is 12.3. The molecular formula is C21H20N4. The quantitative estimate of drug-likeness (QED) is 0.445. The minimum absolute atomic E-state index is 0.526.